The molecular weight excluding hydrogens is 273 g/mol. The lowest BCUT2D eigenvalue weighted by Crippen LogP contribution is -2.13. The first-order chi connectivity index (χ1) is 10.0. The van der Waals surface area contributed by atoms with Crippen LogP contribution in [0.4, 0.5) is 15.9 Å². The van der Waals surface area contributed by atoms with Gasteiger partial charge in [-0.25, -0.2) is 9.37 Å². The van der Waals surface area contributed by atoms with Crippen LogP contribution in [0, 0.1) is 12.7 Å². The van der Waals surface area contributed by atoms with Gasteiger partial charge in [0.05, 0.1) is 7.11 Å². The standard InChI is InChI=1S/C15H16FN3O2/c1-9-6-10(7-14(17-2)18-9)15(20)19-11-4-5-12(16)13(8-11)21-3/h4-8H,1-3H3,(H,17,18)(H,19,20). The van der Waals surface area contributed by atoms with Gasteiger partial charge in [-0.15, -0.1) is 0 Å². The second kappa shape index (κ2) is 6.21. The highest BCUT2D eigenvalue weighted by atomic mass is 19.1. The molecule has 110 valence electrons. The van der Waals surface area contributed by atoms with Crippen molar-refractivity contribution in [3.63, 3.8) is 0 Å². The zero-order valence-electron chi connectivity index (χ0n) is 12.0. The number of amides is 1. The molecule has 0 unspecified atom stereocenters. The van der Waals surface area contributed by atoms with Crippen molar-refractivity contribution in [2.75, 3.05) is 24.8 Å². The Morgan fingerprint density at radius 3 is 2.71 bits per heavy atom. The van der Waals surface area contributed by atoms with Crippen LogP contribution in [0.2, 0.25) is 0 Å². The van der Waals surface area contributed by atoms with Gasteiger partial charge in [0.15, 0.2) is 11.6 Å². The zero-order chi connectivity index (χ0) is 15.4. The third-order valence-electron chi connectivity index (χ3n) is 2.88. The van der Waals surface area contributed by atoms with Crippen molar-refractivity contribution >= 4 is 17.4 Å². The van der Waals surface area contributed by atoms with E-state index in [0.717, 1.165) is 5.69 Å². The van der Waals surface area contributed by atoms with Crippen molar-refractivity contribution in [3.8, 4) is 5.75 Å². The minimum absolute atomic E-state index is 0.0784. The molecule has 0 aliphatic carbocycles. The molecule has 0 atom stereocenters. The van der Waals surface area contributed by atoms with Gasteiger partial charge in [0.1, 0.15) is 5.82 Å². The van der Waals surface area contributed by atoms with Gasteiger partial charge in [-0.1, -0.05) is 0 Å². The van der Waals surface area contributed by atoms with Crippen LogP contribution >= 0.6 is 0 Å². The van der Waals surface area contributed by atoms with Gasteiger partial charge < -0.3 is 15.4 Å². The highest BCUT2D eigenvalue weighted by molar-refractivity contribution is 6.04. The van der Waals surface area contributed by atoms with Gasteiger partial charge in [0.2, 0.25) is 0 Å². The van der Waals surface area contributed by atoms with E-state index in [2.05, 4.69) is 15.6 Å². The molecule has 0 aliphatic rings. The summed E-state index contributed by atoms with van der Waals surface area (Å²) in [6.45, 7) is 1.80. The first-order valence-electron chi connectivity index (χ1n) is 6.35. The summed E-state index contributed by atoms with van der Waals surface area (Å²) in [5, 5.41) is 5.59. The van der Waals surface area contributed by atoms with Gasteiger partial charge in [0.25, 0.3) is 5.91 Å². The largest absolute Gasteiger partial charge is 0.494 e. The lowest BCUT2D eigenvalue weighted by Gasteiger charge is -2.09. The monoisotopic (exact) mass is 289 g/mol. The van der Waals surface area contributed by atoms with Crippen LogP contribution in [0.5, 0.6) is 5.75 Å². The lowest BCUT2D eigenvalue weighted by atomic mass is 10.2. The summed E-state index contributed by atoms with van der Waals surface area (Å²) in [6.07, 6.45) is 0. The molecule has 0 fully saturated rings. The third kappa shape index (κ3) is 3.47. The fraction of sp³-hybridized carbons (Fsp3) is 0.200. The van der Waals surface area contributed by atoms with E-state index in [1.807, 2.05) is 0 Å². The summed E-state index contributed by atoms with van der Waals surface area (Å²) >= 11 is 0. The molecule has 0 radical (unpaired) electrons. The second-order valence-electron chi connectivity index (χ2n) is 4.44. The number of hydrogen-bond donors (Lipinski definition) is 2. The Labute approximate surface area is 122 Å². The van der Waals surface area contributed by atoms with Crippen LogP contribution in [-0.2, 0) is 0 Å². The average molecular weight is 289 g/mol. The fourth-order valence-electron chi connectivity index (χ4n) is 1.87. The molecule has 2 rings (SSSR count). The summed E-state index contributed by atoms with van der Waals surface area (Å²) in [4.78, 5) is 16.4. The van der Waals surface area contributed by atoms with Gasteiger partial charge in [-0.05, 0) is 31.2 Å². The third-order valence-corrected chi connectivity index (χ3v) is 2.88. The van der Waals surface area contributed by atoms with E-state index < -0.39 is 5.82 Å². The topological polar surface area (TPSA) is 63.2 Å². The number of anilines is 2. The molecule has 0 bridgehead atoms. The van der Waals surface area contributed by atoms with Gasteiger partial charge in [0, 0.05) is 30.1 Å². The average Bonchev–Trinajstić information content (AvgIpc) is 2.48. The summed E-state index contributed by atoms with van der Waals surface area (Å²) < 4.78 is 18.2. The molecule has 0 aliphatic heterocycles. The molecule has 1 heterocycles. The Morgan fingerprint density at radius 1 is 1.29 bits per heavy atom. The number of halogens is 1. The number of aryl methyl sites for hydroxylation is 1. The summed E-state index contributed by atoms with van der Waals surface area (Å²) in [6, 6.07) is 7.47. The number of rotatable bonds is 4. The van der Waals surface area contributed by atoms with Crippen molar-refractivity contribution in [1.82, 2.24) is 4.98 Å². The number of benzene rings is 1. The quantitative estimate of drug-likeness (QED) is 0.908. The van der Waals surface area contributed by atoms with E-state index in [1.54, 1.807) is 26.1 Å². The predicted molar refractivity (Wildman–Crippen MR) is 79.4 cm³/mol. The van der Waals surface area contributed by atoms with Crippen molar-refractivity contribution in [3.05, 3.63) is 47.4 Å². The van der Waals surface area contributed by atoms with E-state index in [1.165, 1.54) is 25.3 Å². The number of aromatic nitrogens is 1. The van der Waals surface area contributed by atoms with Crippen molar-refractivity contribution in [2.45, 2.75) is 6.92 Å². The van der Waals surface area contributed by atoms with Crippen molar-refractivity contribution < 1.29 is 13.9 Å². The fourth-order valence-corrected chi connectivity index (χ4v) is 1.87. The highest BCUT2D eigenvalue weighted by Crippen LogP contribution is 2.22. The molecule has 21 heavy (non-hydrogen) atoms. The molecule has 2 aromatic rings. The molecule has 5 nitrogen and oxygen atoms in total. The normalized spacial score (nSPS) is 10.1. The Kier molecular flexibility index (Phi) is 4.37. The Bertz CT molecular complexity index is 674. The number of methoxy groups -OCH3 is 1. The minimum Gasteiger partial charge on any atom is -0.494 e. The molecular formula is C15H16FN3O2. The number of ether oxygens (including phenoxy) is 1. The summed E-state index contributed by atoms with van der Waals surface area (Å²) in [5.74, 6) is -0.0927. The summed E-state index contributed by atoms with van der Waals surface area (Å²) in [5.41, 5.74) is 1.65. The Hall–Kier alpha value is -2.63. The smallest absolute Gasteiger partial charge is 0.255 e. The number of carbonyl (C=O) groups excluding carboxylic acids is 1. The second-order valence-corrected chi connectivity index (χ2v) is 4.44. The Balaban J connectivity index is 2.23. The van der Waals surface area contributed by atoms with E-state index >= 15 is 0 Å². The molecule has 1 amide bonds. The van der Waals surface area contributed by atoms with E-state index in [-0.39, 0.29) is 11.7 Å². The van der Waals surface area contributed by atoms with E-state index in [0.29, 0.717) is 17.1 Å². The lowest BCUT2D eigenvalue weighted by molar-refractivity contribution is 0.102. The van der Waals surface area contributed by atoms with Gasteiger partial charge >= 0.3 is 0 Å². The number of hydrogen-bond acceptors (Lipinski definition) is 4. The first-order valence-corrected chi connectivity index (χ1v) is 6.35. The number of nitrogens with one attached hydrogen (secondary N) is 2. The van der Waals surface area contributed by atoms with E-state index in [4.69, 9.17) is 4.74 Å². The molecule has 0 saturated heterocycles. The van der Waals surface area contributed by atoms with Crippen molar-refractivity contribution in [2.24, 2.45) is 0 Å². The molecule has 6 heteroatoms. The predicted octanol–water partition coefficient (Wildman–Crippen LogP) is 2.83. The number of carbonyl (C=O) groups is 1. The van der Waals surface area contributed by atoms with Crippen LogP contribution < -0.4 is 15.4 Å². The molecule has 0 spiro atoms. The molecule has 1 aromatic heterocycles. The maximum atomic E-state index is 13.3. The zero-order valence-corrected chi connectivity index (χ0v) is 12.0. The van der Waals surface area contributed by atoms with Gasteiger partial charge in [-0.3, -0.25) is 4.79 Å². The van der Waals surface area contributed by atoms with E-state index in [9.17, 15) is 9.18 Å². The summed E-state index contributed by atoms with van der Waals surface area (Å²) in [7, 11) is 3.10. The molecule has 1 aromatic carbocycles. The minimum atomic E-state index is -0.479. The van der Waals surface area contributed by atoms with Crippen LogP contribution in [0.3, 0.4) is 0 Å². The van der Waals surface area contributed by atoms with Crippen LogP contribution in [-0.4, -0.2) is 25.0 Å². The van der Waals surface area contributed by atoms with Crippen LogP contribution in [0.25, 0.3) is 0 Å². The number of pyridine rings is 1. The molecule has 2 N–H and O–H groups in total. The van der Waals surface area contributed by atoms with Crippen LogP contribution in [0.1, 0.15) is 16.1 Å². The van der Waals surface area contributed by atoms with Crippen LogP contribution in [0.15, 0.2) is 30.3 Å². The van der Waals surface area contributed by atoms with Gasteiger partial charge in [-0.2, -0.15) is 0 Å². The Morgan fingerprint density at radius 2 is 2.05 bits per heavy atom. The maximum absolute atomic E-state index is 13.3. The first kappa shape index (κ1) is 14.8. The molecule has 0 saturated carbocycles. The maximum Gasteiger partial charge on any atom is 0.255 e. The van der Waals surface area contributed by atoms with Crippen molar-refractivity contribution in [1.29, 1.82) is 0 Å². The highest BCUT2D eigenvalue weighted by Gasteiger charge is 2.10. The SMILES string of the molecule is CNc1cc(C(=O)Nc2ccc(F)c(OC)c2)cc(C)n1. The number of nitrogens with zero attached hydrogens (tertiary/aromatic N) is 1.